The number of carbonyl (C=O) groups excluding carboxylic acids is 1. The van der Waals surface area contributed by atoms with Crippen LogP contribution in [0.3, 0.4) is 0 Å². The first-order valence-electron chi connectivity index (χ1n) is 6.94. The number of hydrogen-bond acceptors (Lipinski definition) is 8. The number of aromatic nitrogens is 4. The standard InChI is InChI=1S/C13H15N5O3S2/c1-21-6-11-15-16-13(23-11)14-10(19)5-18-12(20)4-8-7-22-3-2-9(8)17-18/h4H,2-3,5-7H2,1H3,(H,14,16,19). The molecule has 1 aliphatic rings. The molecule has 1 aliphatic heterocycles. The molecule has 0 radical (unpaired) electrons. The fraction of sp³-hybridized carbons (Fsp3) is 0.462. The Morgan fingerprint density at radius 3 is 3.17 bits per heavy atom. The Kier molecular flexibility index (Phi) is 5.03. The van der Waals surface area contributed by atoms with Crippen LogP contribution in [0.15, 0.2) is 10.9 Å². The van der Waals surface area contributed by atoms with Crippen LogP contribution in [-0.4, -0.2) is 38.7 Å². The Balaban J connectivity index is 1.68. The van der Waals surface area contributed by atoms with Crippen LogP contribution in [0.25, 0.3) is 0 Å². The maximum atomic E-state index is 12.1. The Bertz CT molecular complexity index is 773. The summed E-state index contributed by atoms with van der Waals surface area (Å²) in [5.74, 6) is 1.43. The molecule has 0 aliphatic carbocycles. The van der Waals surface area contributed by atoms with E-state index in [2.05, 4.69) is 20.6 Å². The van der Waals surface area contributed by atoms with E-state index in [0.717, 1.165) is 29.2 Å². The molecule has 0 bridgehead atoms. The van der Waals surface area contributed by atoms with Gasteiger partial charge in [0.25, 0.3) is 5.56 Å². The zero-order valence-electron chi connectivity index (χ0n) is 12.4. The average molecular weight is 353 g/mol. The molecule has 0 atom stereocenters. The third-order valence-electron chi connectivity index (χ3n) is 3.18. The van der Waals surface area contributed by atoms with Gasteiger partial charge in [0.05, 0.1) is 5.69 Å². The molecule has 0 saturated heterocycles. The number of amides is 1. The molecule has 3 rings (SSSR count). The molecule has 8 nitrogen and oxygen atoms in total. The molecule has 10 heteroatoms. The van der Waals surface area contributed by atoms with Crippen molar-refractivity contribution in [2.45, 2.75) is 25.3 Å². The number of hydrogen-bond donors (Lipinski definition) is 1. The summed E-state index contributed by atoms with van der Waals surface area (Å²) in [4.78, 5) is 24.1. The second-order valence-electron chi connectivity index (χ2n) is 4.90. The molecule has 23 heavy (non-hydrogen) atoms. The molecule has 0 saturated carbocycles. The number of carbonyl (C=O) groups is 1. The fourth-order valence-corrected chi connectivity index (χ4v) is 3.83. The summed E-state index contributed by atoms with van der Waals surface area (Å²) in [6, 6.07) is 1.57. The van der Waals surface area contributed by atoms with Crippen LogP contribution in [0.2, 0.25) is 0 Å². The van der Waals surface area contributed by atoms with Crippen molar-refractivity contribution in [2.24, 2.45) is 0 Å². The van der Waals surface area contributed by atoms with E-state index in [-0.39, 0.29) is 18.0 Å². The third kappa shape index (κ3) is 3.95. The van der Waals surface area contributed by atoms with Crippen LogP contribution in [-0.2, 0) is 34.9 Å². The van der Waals surface area contributed by atoms with Gasteiger partial charge in [0.15, 0.2) is 0 Å². The average Bonchev–Trinajstić information content (AvgIpc) is 2.95. The first kappa shape index (κ1) is 16.1. The first-order valence-corrected chi connectivity index (χ1v) is 8.91. The molecule has 0 fully saturated rings. The number of methoxy groups -OCH3 is 1. The lowest BCUT2D eigenvalue weighted by Crippen LogP contribution is -2.31. The minimum atomic E-state index is -0.357. The molecular formula is C13H15N5O3S2. The highest BCUT2D eigenvalue weighted by atomic mass is 32.2. The minimum absolute atomic E-state index is 0.140. The molecule has 1 amide bonds. The van der Waals surface area contributed by atoms with Gasteiger partial charge in [-0.25, -0.2) is 4.68 Å². The Morgan fingerprint density at radius 1 is 1.48 bits per heavy atom. The predicted molar refractivity (Wildman–Crippen MR) is 87.6 cm³/mol. The van der Waals surface area contributed by atoms with E-state index >= 15 is 0 Å². The number of anilines is 1. The summed E-state index contributed by atoms with van der Waals surface area (Å²) in [7, 11) is 1.56. The van der Waals surface area contributed by atoms with Gasteiger partial charge >= 0.3 is 0 Å². The monoisotopic (exact) mass is 353 g/mol. The Labute approximate surface area is 140 Å². The van der Waals surface area contributed by atoms with Crippen molar-refractivity contribution in [3.63, 3.8) is 0 Å². The van der Waals surface area contributed by atoms with E-state index in [1.54, 1.807) is 24.9 Å². The van der Waals surface area contributed by atoms with Crippen molar-refractivity contribution in [1.29, 1.82) is 0 Å². The van der Waals surface area contributed by atoms with Gasteiger partial charge in [-0.3, -0.25) is 14.9 Å². The van der Waals surface area contributed by atoms with Gasteiger partial charge in [0, 0.05) is 25.3 Å². The molecule has 1 N–H and O–H groups in total. The van der Waals surface area contributed by atoms with E-state index < -0.39 is 0 Å². The van der Waals surface area contributed by atoms with Gasteiger partial charge in [-0.2, -0.15) is 16.9 Å². The topological polar surface area (TPSA) is 99.0 Å². The third-order valence-corrected chi connectivity index (χ3v) is 5.00. The maximum absolute atomic E-state index is 12.1. The molecule has 0 aromatic carbocycles. The van der Waals surface area contributed by atoms with Crippen molar-refractivity contribution in [2.75, 3.05) is 18.2 Å². The van der Waals surface area contributed by atoms with Gasteiger partial charge in [-0.05, 0) is 11.3 Å². The van der Waals surface area contributed by atoms with Crippen molar-refractivity contribution >= 4 is 34.1 Å². The van der Waals surface area contributed by atoms with Gasteiger partial charge in [0.2, 0.25) is 11.0 Å². The highest BCUT2D eigenvalue weighted by Crippen LogP contribution is 2.21. The highest BCUT2D eigenvalue weighted by molar-refractivity contribution is 7.98. The highest BCUT2D eigenvalue weighted by Gasteiger charge is 2.15. The van der Waals surface area contributed by atoms with Crippen LogP contribution in [0.1, 0.15) is 16.3 Å². The van der Waals surface area contributed by atoms with Crippen LogP contribution in [0.5, 0.6) is 0 Å². The van der Waals surface area contributed by atoms with E-state index in [4.69, 9.17) is 4.74 Å². The first-order chi connectivity index (χ1) is 11.2. The molecular weight excluding hydrogens is 338 g/mol. The largest absolute Gasteiger partial charge is 0.377 e. The van der Waals surface area contributed by atoms with E-state index in [0.29, 0.717) is 16.7 Å². The fourth-order valence-electron chi connectivity index (χ4n) is 2.15. The van der Waals surface area contributed by atoms with Crippen LogP contribution in [0, 0.1) is 0 Å². The van der Waals surface area contributed by atoms with Crippen LogP contribution < -0.4 is 10.9 Å². The van der Waals surface area contributed by atoms with Gasteiger partial charge < -0.3 is 4.74 Å². The minimum Gasteiger partial charge on any atom is -0.377 e. The van der Waals surface area contributed by atoms with Crippen LogP contribution in [0.4, 0.5) is 5.13 Å². The van der Waals surface area contributed by atoms with E-state index in [1.165, 1.54) is 16.0 Å². The van der Waals surface area contributed by atoms with Gasteiger partial charge in [0.1, 0.15) is 18.2 Å². The summed E-state index contributed by atoms with van der Waals surface area (Å²) >= 11 is 3.02. The van der Waals surface area contributed by atoms with E-state index in [9.17, 15) is 9.59 Å². The summed E-state index contributed by atoms with van der Waals surface area (Å²) in [6.07, 6.45) is 0.818. The maximum Gasteiger partial charge on any atom is 0.267 e. The van der Waals surface area contributed by atoms with E-state index in [1.807, 2.05) is 0 Å². The summed E-state index contributed by atoms with van der Waals surface area (Å²) in [6.45, 7) is 0.204. The molecule has 0 unspecified atom stereocenters. The zero-order valence-corrected chi connectivity index (χ0v) is 14.1. The van der Waals surface area contributed by atoms with Crippen molar-refractivity contribution < 1.29 is 9.53 Å². The lowest BCUT2D eigenvalue weighted by Gasteiger charge is -2.15. The summed E-state index contributed by atoms with van der Waals surface area (Å²) in [5.41, 5.74) is 1.60. The SMILES string of the molecule is COCc1nnc(NC(=O)Cn2nc3c(cc2=O)CSCC3)s1. The number of aryl methyl sites for hydroxylation is 1. The van der Waals surface area contributed by atoms with Gasteiger partial charge in [-0.1, -0.05) is 11.3 Å². The number of rotatable bonds is 5. The van der Waals surface area contributed by atoms with Crippen LogP contribution >= 0.6 is 23.1 Å². The number of thioether (sulfide) groups is 1. The molecule has 122 valence electrons. The number of nitrogens with one attached hydrogen (secondary N) is 1. The molecule has 2 aromatic rings. The second kappa shape index (κ2) is 7.20. The van der Waals surface area contributed by atoms with Crippen molar-refractivity contribution in [3.8, 4) is 0 Å². The van der Waals surface area contributed by atoms with Gasteiger partial charge in [-0.15, -0.1) is 10.2 Å². The molecule has 0 spiro atoms. The predicted octanol–water partition coefficient (Wildman–Crippen LogP) is 0.669. The number of ether oxygens (including phenoxy) is 1. The number of nitrogens with zero attached hydrogens (tertiary/aromatic N) is 4. The Hall–Kier alpha value is -1.78. The Morgan fingerprint density at radius 2 is 2.35 bits per heavy atom. The van der Waals surface area contributed by atoms with Crippen molar-refractivity contribution in [1.82, 2.24) is 20.0 Å². The lowest BCUT2D eigenvalue weighted by molar-refractivity contribution is -0.117. The smallest absolute Gasteiger partial charge is 0.267 e. The van der Waals surface area contributed by atoms with Crippen molar-refractivity contribution in [3.05, 3.63) is 32.7 Å². The lowest BCUT2D eigenvalue weighted by atomic mass is 10.2. The second-order valence-corrected chi connectivity index (χ2v) is 7.06. The zero-order chi connectivity index (χ0) is 16.2. The summed E-state index contributed by atoms with van der Waals surface area (Å²) < 4.78 is 6.14. The molecule has 2 aromatic heterocycles. The number of fused-ring (bicyclic) bond motifs is 1. The summed E-state index contributed by atoms with van der Waals surface area (Å²) in [5, 5.41) is 15.7. The molecule has 3 heterocycles. The quantitative estimate of drug-likeness (QED) is 0.843. The normalized spacial score (nSPS) is 13.6.